The van der Waals surface area contributed by atoms with Crippen molar-refractivity contribution in [2.45, 2.75) is 25.4 Å². The number of carboxylic acid groups (broad SMARTS) is 1. The Kier molecular flexibility index (Phi) is 5.97. The molecule has 20 heavy (non-hydrogen) atoms. The summed E-state index contributed by atoms with van der Waals surface area (Å²) < 4.78 is 0. The Hall–Kier alpha value is -1.60. The standard InChI is InChI=1S/C13H20N2O4S/c1-13(19,8-11(16)17)9-14-12(18)15(2)6-5-10-4-3-7-20-10/h3-4,7,19H,5-6,8-9H2,1-2H3,(H,14,18)(H,16,17). The Balaban J connectivity index is 2.32. The lowest BCUT2D eigenvalue weighted by Crippen LogP contribution is -2.46. The van der Waals surface area contributed by atoms with Gasteiger partial charge in [0.15, 0.2) is 0 Å². The highest BCUT2D eigenvalue weighted by molar-refractivity contribution is 7.09. The third-order valence-corrected chi connectivity index (χ3v) is 3.71. The van der Waals surface area contributed by atoms with Crippen molar-refractivity contribution in [1.29, 1.82) is 0 Å². The van der Waals surface area contributed by atoms with E-state index >= 15 is 0 Å². The van der Waals surface area contributed by atoms with Crippen LogP contribution in [0, 0.1) is 0 Å². The van der Waals surface area contributed by atoms with Crippen molar-refractivity contribution in [1.82, 2.24) is 10.2 Å². The maximum absolute atomic E-state index is 11.8. The van der Waals surface area contributed by atoms with Crippen LogP contribution in [0.5, 0.6) is 0 Å². The number of likely N-dealkylation sites (N-methyl/N-ethyl adjacent to an activating group) is 1. The molecule has 0 saturated heterocycles. The molecule has 1 aromatic rings. The highest BCUT2D eigenvalue weighted by Crippen LogP contribution is 2.10. The normalized spacial score (nSPS) is 13.6. The average molecular weight is 300 g/mol. The summed E-state index contributed by atoms with van der Waals surface area (Å²) in [6.07, 6.45) is 0.360. The molecule has 0 aliphatic heterocycles. The van der Waals surface area contributed by atoms with E-state index in [1.165, 1.54) is 16.7 Å². The molecule has 0 saturated carbocycles. The molecule has 0 aliphatic rings. The van der Waals surface area contributed by atoms with E-state index in [9.17, 15) is 14.7 Å². The zero-order valence-electron chi connectivity index (χ0n) is 11.6. The fourth-order valence-corrected chi connectivity index (χ4v) is 2.32. The Morgan fingerprint density at radius 2 is 2.20 bits per heavy atom. The Bertz CT molecular complexity index is 445. The number of hydrogen-bond acceptors (Lipinski definition) is 4. The predicted molar refractivity (Wildman–Crippen MR) is 76.9 cm³/mol. The maximum atomic E-state index is 11.8. The van der Waals surface area contributed by atoms with Gasteiger partial charge in [-0.25, -0.2) is 4.79 Å². The number of amides is 2. The van der Waals surface area contributed by atoms with Crippen LogP contribution in [0.2, 0.25) is 0 Å². The number of nitrogens with zero attached hydrogens (tertiary/aromatic N) is 1. The van der Waals surface area contributed by atoms with Gasteiger partial charge in [0, 0.05) is 25.0 Å². The van der Waals surface area contributed by atoms with Gasteiger partial charge in [0.25, 0.3) is 0 Å². The van der Waals surface area contributed by atoms with Gasteiger partial charge in [0.1, 0.15) is 0 Å². The van der Waals surface area contributed by atoms with Gasteiger partial charge >= 0.3 is 12.0 Å². The van der Waals surface area contributed by atoms with Crippen molar-refractivity contribution in [2.24, 2.45) is 0 Å². The summed E-state index contributed by atoms with van der Waals surface area (Å²) in [5, 5.41) is 22.9. The molecule has 0 fully saturated rings. The van der Waals surface area contributed by atoms with Gasteiger partial charge in [-0.2, -0.15) is 0 Å². The van der Waals surface area contributed by atoms with Gasteiger partial charge in [-0.1, -0.05) is 6.07 Å². The van der Waals surface area contributed by atoms with Crippen molar-refractivity contribution in [3.8, 4) is 0 Å². The van der Waals surface area contributed by atoms with Crippen LogP contribution in [0.25, 0.3) is 0 Å². The van der Waals surface area contributed by atoms with Gasteiger partial charge in [0.05, 0.1) is 12.0 Å². The van der Waals surface area contributed by atoms with E-state index < -0.39 is 18.0 Å². The van der Waals surface area contributed by atoms with Crippen molar-refractivity contribution in [2.75, 3.05) is 20.1 Å². The maximum Gasteiger partial charge on any atom is 0.317 e. The summed E-state index contributed by atoms with van der Waals surface area (Å²) in [7, 11) is 1.66. The quantitative estimate of drug-likeness (QED) is 0.705. The first-order valence-electron chi connectivity index (χ1n) is 6.26. The third-order valence-electron chi connectivity index (χ3n) is 2.77. The zero-order chi connectivity index (χ0) is 15.2. The fourth-order valence-electron chi connectivity index (χ4n) is 1.62. The summed E-state index contributed by atoms with van der Waals surface area (Å²) in [6.45, 7) is 1.85. The molecule has 0 spiro atoms. The number of urea groups is 1. The minimum Gasteiger partial charge on any atom is -0.481 e. The van der Waals surface area contributed by atoms with Gasteiger partial charge in [-0.3, -0.25) is 4.79 Å². The SMILES string of the molecule is CN(CCc1cccs1)C(=O)NCC(C)(O)CC(=O)O. The topological polar surface area (TPSA) is 89.9 Å². The first-order valence-corrected chi connectivity index (χ1v) is 7.14. The number of carboxylic acids is 1. The van der Waals surface area contributed by atoms with E-state index in [0.717, 1.165) is 6.42 Å². The number of carbonyl (C=O) groups is 2. The fraction of sp³-hybridized carbons (Fsp3) is 0.538. The minimum atomic E-state index is -1.45. The highest BCUT2D eigenvalue weighted by atomic mass is 32.1. The molecule has 1 atom stereocenters. The van der Waals surface area contributed by atoms with Crippen molar-refractivity contribution in [3.05, 3.63) is 22.4 Å². The van der Waals surface area contributed by atoms with E-state index in [-0.39, 0.29) is 12.6 Å². The monoisotopic (exact) mass is 300 g/mol. The summed E-state index contributed by atoms with van der Waals surface area (Å²) >= 11 is 1.64. The van der Waals surface area contributed by atoms with Crippen LogP contribution >= 0.6 is 11.3 Å². The summed E-state index contributed by atoms with van der Waals surface area (Å²) in [4.78, 5) is 25.0. The molecule has 1 unspecified atom stereocenters. The molecule has 0 bridgehead atoms. The second-order valence-electron chi connectivity index (χ2n) is 4.98. The van der Waals surface area contributed by atoms with E-state index in [1.807, 2.05) is 17.5 Å². The number of rotatable bonds is 7. The Labute approximate surface area is 122 Å². The van der Waals surface area contributed by atoms with E-state index in [1.54, 1.807) is 18.4 Å². The molecule has 0 radical (unpaired) electrons. The van der Waals surface area contributed by atoms with Crippen LogP contribution in [0.1, 0.15) is 18.2 Å². The smallest absolute Gasteiger partial charge is 0.317 e. The molecule has 0 aromatic carbocycles. The number of aliphatic carboxylic acids is 1. The molecular weight excluding hydrogens is 280 g/mol. The molecule has 112 valence electrons. The number of nitrogens with one attached hydrogen (secondary N) is 1. The van der Waals surface area contributed by atoms with Gasteiger partial charge in [-0.05, 0) is 24.8 Å². The lowest BCUT2D eigenvalue weighted by atomic mass is 10.0. The highest BCUT2D eigenvalue weighted by Gasteiger charge is 2.25. The summed E-state index contributed by atoms with van der Waals surface area (Å²) in [5.41, 5.74) is -1.45. The molecule has 2 amide bonds. The molecule has 3 N–H and O–H groups in total. The number of hydrogen-bond donors (Lipinski definition) is 3. The predicted octanol–water partition coefficient (Wildman–Crippen LogP) is 1.16. The minimum absolute atomic E-state index is 0.0958. The van der Waals surface area contributed by atoms with Gasteiger partial charge in [0.2, 0.25) is 0 Å². The molecule has 0 aliphatic carbocycles. The first-order chi connectivity index (χ1) is 9.30. The summed E-state index contributed by atoms with van der Waals surface area (Å²) in [5.74, 6) is -1.10. The average Bonchev–Trinajstić information content (AvgIpc) is 2.84. The summed E-state index contributed by atoms with van der Waals surface area (Å²) in [6, 6.07) is 3.64. The third kappa shape index (κ3) is 6.03. The van der Waals surface area contributed by atoms with Gasteiger partial charge in [-0.15, -0.1) is 11.3 Å². The van der Waals surface area contributed by atoms with Crippen molar-refractivity contribution >= 4 is 23.3 Å². The van der Waals surface area contributed by atoms with Crippen molar-refractivity contribution < 1.29 is 19.8 Å². The zero-order valence-corrected chi connectivity index (χ0v) is 12.4. The van der Waals surface area contributed by atoms with Crippen LogP contribution < -0.4 is 5.32 Å². The van der Waals surface area contributed by atoms with Crippen LogP contribution in [0.15, 0.2) is 17.5 Å². The van der Waals surface area contributed by atoms with E-state index in [2.05, 4.69) is 5.32 Å². The second kappa shape index (κ2) is 7.25. The lowest BCUT2D eigenvalue weighted by molar-refractivity contribution is -0.141. The molecule has 1 aromatic heterocycles. The number of carbonyl (C=O) groups excluding carboxylic acids is 1. The molecule has 1 rings (SSSR count). The second-order valence-corrected chi connectivity index (χ2v) is 6.01. The molecule has 7 heteroatoms. The molecular formula is C13H20N2O4S. The van der Waals surface area contributed by atoms with Gasteiger partial charge < -0.3 is 20.4 Å². The van der Waals surface area contributed by atoms with Crippen LogP contribution in [-0.4, -0.2) is 52.9 Å². The Morgan fingerprint density at radius 1 is 1.50 bits per heavy atom. The lowest BCUT2D eigenvalue weighted by Gasteiger charge is -2.24. The van der Waals surface area contributed by atoms with E-state index in [4.69, 9.17) is 5.11 Å². The largest absolute Gasteiger partial charge is 0.481 e. The number of aliphatic hydroxyl groups is 1. The van der Waals surface area contributed by atoms with E-state index in [0.29, 0.717) is 6.54 Å². The number of thiophene rings is 1. The van der Waals surface area contributed by atoms with Crippen LogP contribution in [0.3, 0.4) is 0 Å². The Morgan fingerprint density at radius 3 is 2.75 bits per heavy atom. The van der Waals surface area contributed by atoms with Crippen LogP contribution in [-0.2, 0) is 11.2 Å². The van der Waals surface area contributed by atoms with Crippen molar-refractivity contribution in [3.63, 3.8) is 0 Å². The molecule has 1 heterocycles. The first kappa shape index (κ1) is 16.5. The van der Waals surface area contributed by atoms with Crippen LogP contribution in [0.4, 0.5) is 4.79 Å². The molecule has 6 nitrogen and oxygen atoms in total.